The van der Waals surface area contributed by atoms with Crippen LogP contribution in [0.25, 0.3) is 16.3 Å². The van der Waals surface area contributed by atoms with Crippen LogP contribution in [0.15, 0.2) is 34.6 Å². The van der Waals surface area contributed by atoms with E-state index in [0.29, 0.717) is 0 Å². The molecule has 7 nitrogen and oxygen atoms in total. The molecule has 0 aliphatic carbocycles. The number of thiazole rings is 1. The Balaban J connectivity index is 0.00000192. The minimum absolute atomic E-state index is 0. The summed E-state index contributed by atoms with van der Waals surface area (Å²) >= 11 is 1.63. The van der Waals surface area contributed by atoms with E-state index >= 15 is 0 Å². The molecule has 0 bridgehead atoms. The van der Waals surface area contributed by atoms with Crippen molar-refractivity contribution in [3.63, 3.8) is 0 Å². The Morgan fingerprint density at radius 1 is 1.30 bits per heavy atom. The molecule has 0 aromatic carbocycles. The van der Waals surface area contributed by atoms with E-state index in [0.717, 1.165) is 27.7 Å². The standard InChI is InChI=1S/C14H15N7S.ClH/c1-8-9(2)22-14-19-12(10-5-3-4-6-17-10)11(21(8)14)7-18-20-13(15)16;/h3-7H,1-2H3,(H4,15,16,20);1H/b18-7+;. The Labute approximate surface area is 143 Å². The van der Waals surface area contributed by atoms with Gasteiger partial charge in [0.2, 0.25) is 5.96 Å². The fourth-order valence-electron chi connectivity index (χ4n) is 2.13. The van der Waals surface area contributed by atoms with Crippen LogP contribution in [-0.2, 0) is 0 Å². The highest BCUT2D eigenvalue weighted by atomic mass is 35.5. The highest BCUT2D eigenvalue weighted by Crippen LogP contribution is 2.28. The van der Waals surface area contributed by atoms with E-state index in [1.807, 2.05) is 29.5 Å². The second-order valence-electron chi connectivity index (χ2n) is 4.69. The molecule has 0 aliphatic heterocycles. The smallest absolute Gasteiger partial charge is 0.211 e. The highest BCUT2D eigenvalue weighted by molar-refractivity contribution is 7.17. The maximum absolute atomic E-state index is 5.31. The second-order valence-corrected chi connectivity index (χ2v) is 5.87. The topological polar surface area (TPSA) is 107 Å². The molecule has 3 aromatic heterocycles. The van der Waals surface area contributed by atoms with Gasteiger partial charge in [0.05, 0.1) is 17.6 Å². The number of fused-ring (bicyclic) bond motifs is 1. The Morgan fingerprint density at radius 3 is 2.74 bits per heavy atom. The highest BCUT2D eigenvalue weighted by Gasteiger charge is 2.17. The first-order valence-corrected chi connectivity index (χ1v) is 7.41. The van der Waals surface area contributed by atoms with Crippen molar-refractivity contribution in [3.8, 4) is 11.4 Å². The van der Waals surface area contributed by atoms with Crippen LogP contribution >= 0.6 is 23.7 Å². The molecule has 3 rings (SSSR count). The van der Waals surface area contributed by atoms with Gasteiger partial charge in [0.25, 0.3) is 0 Å². The summed E-state index contributed by atoms with van der Waals surface area (Å²) in [5.74, 6) is -0.0883. The molecule has 0 radical (unpaired) electrons. The summed E-state index contributed by atoms with van der Waals surface area (Å²) in [5, 5.41) is 7.59. The lowest BCUT2D eigenvalue weighted by Crippen LogP contribution is -2.21. The second kappa shape index (κ2) is 6.76. The van der Waals surface area contributed by atoms with Crippen molar-refractivity contribution in [2.24, 2.45) is 21.7 Å². The van der Waals surface area contributed by atoms with E-state index in [2.05, 4.69) is 27.1 Å². The molecule has 0 amide bonds. The summed E-state index contributed by atoms with van der Waals surface area (Å²) in [6, 6.07) is 5.70. The molecule has 0 fully saturated rings. The number of aryl methyl sites for hydroxylation is 2. The van der Waals surface area contributed by atoms with Crippen molar-refractivity contribution >= 4 is 40.9 Å². The molecule has 9 heteroatoms. The molecule has 23 heavy (non-hydrogen) atoms. The van der Waals surface area contributed by atoms with Gasteiger partial charge in [-0.2, -0.15) is 5.10 Å². The third-order valence-corrected chi connectivity index (χ3v) is 4.29. The number of rotatable bonds is 3. The van der Waals surface area contributed by atoms with Crippen molar-refractivity contribution in [2.45, 2.75) is 13.8 Å². The number of imidazole rings is 1. The first kappa shape index (κ1) is 16.9. The zero-order chi connectivity index (χ0) is 15.7. The number of hydrogen-bond donors (Lipinski definition) is 2. The minimum atomic E-state index is -0.0883. The van der Waals surface area contributed by atoms with E-state index in [1.54, 1.807) is 23.7 Å². The van der Waals surface area contributed by atoms with E-state index < -0.39 is 0 Å². The zero-order valence-corrected chi connectivity index (χ0v) is 14.2. The quantitative estimate of drug-likeness (QED) is 0.429. The lowest BCUT2D eigenvalue weighted by Gasteiger charge is -2.00. The Morgan fingerprint density at radius 2 is 2.09 bits per heavy atom. The number of guanidine groups is 1. The summed E-state index contributed by atoms with van der Waals surface area (Å²) < 4.78 is 2.04. The van der Waals surface area contributed by atoms with Crippen LogP contribution < -0.4 is 11.5 Å². The number of halogens is 1. The zero-order valence-electron chi connectivity index (χ0n) is 12.6. The van der Waals surface area contributed by atoms with Crippen LogP contribution in [0.2, 0.25) is 0 Å². The van der Waals surface area contributed by atoms with Crippen molar-refractivity contribution in [2.75, 3.05) is 0 Å². The van der Waals surface area contributed by atoms with Gasteiger partial charge in [-0.15, -0.1) is 28.8 Å². The van der Waals surface area contributed by atoms with E-state index in [9.17, 15) is 0 Å². The number of aromatic nitrogens is 3. The van der Waals surface area contributed by atoms with Gasteiger partial charge in [-0.1, -0.05) is 6.07 Å². The lowest BCUT2D eigenvalue weighted by molar-refractivity contribution is 1.09. The van der Waals surface area contributed by atoms with Gasteiger partial charge in [-0.25, -0.2) is 4.98 Å². The average molecular weight is 350 g/mol. The molecular formula is C14H16ClN7S. The van der Waals surface area contributed by atoms with Crippen LogP contribution in [0.1, 0.15) is 16.3 Å². The largest absolute Gasteiger partial charge is 0.369 e. The van der Waals surface area contributed by atoms with Crippen LogP contribution in [0.3, 0.4) is 0 Å². The first-order valence-electron chi connectivity index (χ1n) is 6.59. The minimum Gasteiger partial charge on any atom is -0.369 e. The maximum Gasteiger partial charge on any atom is 0.211 e. The molecule has 0 saturated heterocycles. The van der Waals surface area contributed by atoms with E-state index in [-0.39, 0.29) is 18.4 Å². The van der Waals surface area contributed by atoms with Crippen LogP contribution in [-0.4, -0.2) is 26.5 Å². The predicted octanol–water partition coefficient (Wildman–Crippen LogP) is 2.10. The third kappa shape index (κ3) is 3.17. The SMILES string of the molecule is Cc1sc2nc(-c3ccccn3)c(/C=N/N=C(N)N)n2c1C.Cl. The average Bonchev–Trinajstić information content (AvgIpc) is 2.98. The lowest BCUT2D eigenvalue weighted by atomic mass is 10.2. The fraction of sp³-hybridized carbons (Fsp3) is 0.143. The number of nitrogens with zero attached hydrogens (tertiary/aromatic N) is 5. The third-order valence-electron chi connectivity index (χ3n) is 3.23. The summed E-state index contributed by atoms with van der Waals surface area (Å²) in [6.07, 6.45) is 3.33. The predicted molar refractivity (Wildman–Crippen MR) is 96.4 cm³/mol. The van der Waals surface area contributed by atoms with E-state index in [1.165, 1.54) is 4.88 Å². The van der Waals surface area contributed by atoms with E-state index in [4.69, 9.17) is 11.5 Å². The number of hydrogen-bond acceptors (Lipinski definition) is 5. The molecule has 0 saturated carbocycles. The molecule has 3 heterocycles. The van der Waals surface area contributed by atoms with Crippen molar-refractivity contribution in [1.29, 1.82) is 0 Å². The molecule has 4 N–H and O–H groups in total. The molecule has 0 atom stereocenters. The van der Waals surface area contributed by atoms with Crippen LogP contribution in [0.5, 0.6) is 0 Å². The Hall–Kier alpha value is -2.45. The molecule has 0 spiro atoms. The molecule has 120 valence electrons. The Bertz CT molecular complexity index is 876. The van der Waals surface area contributed by atoms with Gasteiger partial charge in [-0.3, -0.25) is 9.38 Å². The number of pyridine rings is 1. The molecule has 3 aromatic rings. The van der Waals surface area contributed by atoms with Crippen LogP contribution in [0, 0.1) is 13.8 Å². The van der Waals surface area contributed by atoms with Gasteiger partial charge in [-0.05, 0) is 26.0 Å². The summed E-state index contributed by atoms with van der Waals surface area (Å²) in [6.45, 7) is 4.10. The van der Waals surface area contributed by atoms with Crippen molar-refractivity contribution < 1.29 is 0 Å². The summed E-state index contributed by atoms with van der Waals surface area (Å²) in [5.41, 5.74) is 14.1. The summed E-state index contributed by atoms with van der Waals surface area (Å²) in [4.78, 5) is 11.1. The van der Waals surface area contributed by atoms with Gasteiger partial charge in [0, 0.05) is 16.8 Å². The molecule has 0 unspecified atom stereocenters. The molecular weight excluding hydrogens is 334 g/mol. The number of nitrogens with two attached hydrogens (primary N) is 2. The van der Waals surface area contributed by atoms with Gasteiger partial charge < -0.3 is 11.5 Å². The van der Waals surface area contributed by atoms with Gasteiger partial charge in [0.15, 0.2) is 4.96 Å². The maximum atomic E-state index is 5.31. The normalized spacial score (nSPS) is 10.9. The van der Waals surface area contributed by atoms with Gasteiger partial charge in [0.1, 0.15) is 5.69 Å². The van der Waals surface area contributed by atoms with Crippen LogP contribution in [0.4, 0.5) is 0 Å². The fourth-order valence-corrected chi connectivity index (χ4v) is 3.11. The first-order chi connectivity index (χ1) is 10.6. The van der Waals surface area contributed by atoms with Gasteiger partial charge >= 0.3 is 0 Å². The Kier molecular flexibility index (Phi) is 4.97. The monoisotopic (exact) mass is 349 g/mol. The summed E-state index contributed by atoms with van der Waals surface area (Å²) in [7, 11) is 0. The van der Waals surface area contributed by atoms with Crippen molar-refractivity contribution in [3.05, 3.63) is 40.7 Å². The molecule has 0 aliphatic rings. The van der Waals surface area contributed by atoms with Crippen molar-refractivity contribution in [1.82, 2.24) is 14.4 Å².